The van der Waals surface area contributed by atoms with Crippen molar-refractivity contribution in [1.29, 1.82) is 0 Å². The van der Waals surface area contributed by atoms with E-state index in [0.717, 1.165) is 28.0 Å². The van der Waals surface area contributed by atoms with Crippen LogP contribution in [0.15, 0.2) is 137 Å². The van der Waals surface area contributed by atoms with E-state index in [0.29, 0.717) is 51.5 Å². The summed E-state index contributed by atoms with van der Waals surface area (Å²) in [5.41, 5.74) is 4.47. The molecule has 1 aromatic heterocycles. The van der Waals surface area contributed by atoms with E-state index in [1.165, 1.54) is 22.7 Å². The SMILES string of the molecule is Cc1cccc(COc2ccc(C(O)=C3C(=O)C(=O)N(c4nnc(SCc5ccccc5F)s4)C3c3ccc(OCc4ccccc4)cc3)cc2)c1. The highest BCUT2D eigenvalue weighted by Gasteiger charge is 2.48. The maximum absolute atomic E-state index is 14.3. The van der Waals surface area contributed by atoms with E-state index >= 15 is 0 Å². The number of aliphatic hydroxyl groups is 1. The van der Waals surface area contributed by atoms with Gasteiger partial charge in [0.1, 0.15) is 36.3 Å². The third-order valence-corrected chi connectivity index (χ3v) is 10.5. The van der Waals surface area contributed by atoms with Crippen LogP contribution in [-0.4, -0.2) is 27.0 Å². The van der Waals surface area contributed by atoms with Gasteiger partial charge in [-0.25, -0.2) is 4.39 Å². The highest BCUT2D eigenvalue weighted by atomic mass is 32.2. The number of ether oxygens (including phenoxy) is 2. The van der Waals surface area contributed by atoms with Crippen LogP contribution in [0.4, 0.5) is 9.52 Å². The maximum atomic E-state index is 14.3. The van der Waals surface area contributed by atoms with Gasteiger partial charge in [0.2, 0.25) is 5.13 Å². The summed E-state index contributed by atoms with van der Waals surface area (Å²) >= 11 is 2.38. The molecule has 260 valence electrons. The predicted molar refractivity (Wildman–Crippen MR) is 200 cm³/mol. The Hall–Kier alpha value is -5.78. The minimum absolute atomic E-state index is 0.0906. The summed E-state index contributed by atoms with van der Waals surface area (Å²) in [6.45, 7) is 2.75. The minimum atomic E-state index is -1.02. The van der Waals surface area contributed by atoms with E-state index < -0.39 is 17.7 Å². The van der Waals surface area contributed by atoms with Crippen molar-refractivity contribution in [3.05, 3.63) is 172 Å². The fraction of sp³-hybridized carbons (Fsp3) is 0.122. The number of ketones is 1. The van der Waals surface area contributed by atoms with E-state index in [1.807, 2.05) is 61.5 Å². The first-order valence-electron chi connectivity index (χ1n) is 16.4. The average Bonchev–Trinajstić information content (AvgIpc) is 3.74. The van der Waals surface area contributed by atoms with Crippen molar-refractivity contribution >= 4 is 45.7 Å². The van der Waals surface area contributed by atoms with Crippen molar-refractivity contribution in [2.75, 3.05) is 4.90 Å². The molecular weight excluding hydrogens is 698 g/mol. The van der Waals surface area contributed by atoms with Gasteiger partial charge in [-0.05, 0) is 71.6 Å². The number of halogens is 1. The molecule has 52 heavy (non-hydrogen) atoms. The number of aromatic nitrogens is 2. The summed E-state index contributed by atoms with van der Waals surface area (Å²) in [5, 5.41) is 20.4. The second-order valence-corrected chi connectivity index (χ2v) is 14.2. The number of aliphatic hydroxyl groups excluding tert-OH is 1. The molecule has 2 heterocycles. The molecular formula is C41H32FN3O5S2. The fourth-order valence-electron chi connectivity index (χ4n) is 5.78. The molecule has 1 fully saturated rings. The topological polar surface area (TPSA) is 102 Å². The Kier molecular flexibility index (Phi) is 10.4. The average molecular weight is 730 g/mol. The molecule has 7 rings (SSSR count). The van der Waals surface area contributed by atoms with Crippen LogP contribution >= 0.6 is 23.1 Å². The lowest BCUT2D eigenvalue weighted by atomic mass is 9.95. The van der Waals surface area contributed by atoms with Gasteiger partial charge < -0.3 is 14.6 Å². The molecule has 1 atom stereocenters. The number of Topliss-reactive ketones (excluding diaryl/α,β-unsaturated/α-hetero) is 1. The highest BCUT2D eigenvalue weighted by Crippen LogP contribution is 2.44. The second-order valence-electron chi connectivity index (χ2n) is 12.0. The number of thioether (sulfide) groups is 1. The first-order valence-corrected chi connectivity index (χ1v) is 18.2. The number of rotatable bonds is 12. The molecule has 0 saturated carbocycles. The number of anilines is 1. The Morgan fingerprint density at radius 1 is 0.808 bits per heavy atom. The van der Waals surface area contributed by atoms with Gasteiger partial charge in [0.25, 0.3) is 5.78 Å². The number of hydrogen-bond acceptors (Lipinski definition) is 9. The number of amides is 1. The Morgan fingerprint density at radius 3 is 2.17 bits per heavy atom. The molecule has 6 aromatic rings. The first kappa shape index (κ1) is 34.7. The quantitative estimate of drug-likeness (QED) is 0.0438. The van der Waals surface area contributed by atoms with Crippen molar-refractivity contribution in [1.82, 2.24) is 10.2 Å². The molecule has 0 bridgehead atoms. The van der Waals surface area contributed by atoms with Gasteiger partial charge in [-0.1, -0.05) is 114 Å². The Labute approximate surface area is 308 Å². The molecule has 1 N–H and O–H groups in total. The van der Waals surface area contributed by atoms with Crippen LogP contribution in [0.25, 0.3) is 5.76 Å². The number of aryl methyl sites for hydroxylation is 1. The zero-order valence-corrected chi connectivity index (χ0v) is 29.6. The van der Waals surface area contributed by atoms with Gasteiger partial charge in [-0.2, -0.15) is 0 Å². The molecule has 0 aliphatic carbocycles. The van der Waals surface area contributed by atoms with Gasteiger partial charge in [0.05, 0.1) is 11.6 Å². The monoisotopic (exact) mass is 729 g/mol. The van der Waals surface area contributed by atoms with Gasteiger partial charge >= 0.3 is 5.91 Å². The summed E-state index contributed by atoms with van der Waals surface area (Å²) in [4.78, 5) is 28.8. The van der Waals surface area contributed by atoms with Crippen molar-refractivity contribution in [3.8, 4) is 11.5 Å². The molecule has 1 amide bonds. The van der Waals surface area contributed by atoms with Crippen LogP contribution in [0.3, 0.4) is 0 Å². The zero-order chi connectivity index (χ0) is 36.0. The number of carbonyl (C=O) groups is 2. The second kappa shape index (κ2) is 15.6. The van der Waals surface area contributed by atoms with Gasteiger partial charge in [0.15, 0.2) is 4.34 Å². The molecule has 1 aliphatic heterocycles. The Balaban J connectivity index is 1.18. The maximum Gasteiger partial charge on any atom is 0.301 e. The lowest BCUT2D eigenvalue weighted by Gasteiger charge is -2.22. The molecule has 8 nitrogen and oxygen atoms in total. The highest BCUT2D eigenvalue weighted by molar-refractivity contribution is 8.00. The van der Waals surface area contributed by atoms with E-state index in [2.05, 4.69) is 10.2 Å². The standard InChI is InChI=1S/C41H32FN3O5S2/c1-26-8-7-11-28(22-26)24-50-33-20-16-30(17-21-33)37(46)35-36(29-14-18-32(19-15-29)49-23-27-9-3-2-4-10-27)45(39(48)38(35)47)40-43-44-41(52-40)51-25-31-12-5-6-13-34(31)42/h2-22,36,46H,23-25H2,1H3. The van der Waals surface area contributed by atoms with Crippen molar-refractivity contribution < 1.29 is 28.6 Å². The summed E-state index contributed by atoms with van der Waals surface area (Å²) in [7, 11) is 0. The molecule has 0 radical (unpaired) electrons. The third kappa shape index (κ3) is 7.75. The normalized spacial score (nSPS) is 15.2. The molecule has 5 aromatic carbocycles. The summed E-state index contributed by atoms with van der Waals surface area (Å²) in [6, 6.07) is 37.0. The summed E-state index contributed by atoms with van der Waals surface area (Å²) < 4.78 is 26.7. The zero-order valence-electron chi connectivity index (χ0n) is 27.9. The van der Waals surface area contributed by atoms with Crippen molar-refractivity contribution in [2.24, 2.45) is 0 Å². The number of nitrogens with zero attached hydrogens (tertiary/aromatic N) is 3. The number of carbonyl (C=O) groups excluding carboxylic acids is 2. The van der Waals surface area contributed by atoms with Crippen LogP contribution in [-0.2, 0) is 28.6 Å². The number of benzene rings is 5. The van der Waals surface area contributed by atoms with Gasteiger partial charge in [-0.15, -0.1) is 10.2 Å². The summed E-state index contributed by atoms with van der Waals surface area (Å²) in [6.07, 6.45) is 0. The molecule has 11 heteroatoms. The van der Waals surface area contributed by atoms with Crippen molar-refractivity contribution in [2.45, 2.75) is 36.3 Å². The lowest BCUT2D eigenvalue weighted by Crippen LogP contribution is -2.29. The van der Waals surface area contributed by atoms with Gasteiger partial charge in [-0.3, -0.25) is 14.5 Å². The van der Waals surface area contributed by atoms with Crippen LogP contribution in [0.1, 0.15) is 39.4 Å². The van der Waals surface area contributed by atoms with E-state index in [9.17, 15) is 19.1 Å². The largest absolute Gasteiger partial charge is 0.507 e. The van der Waals surface area contributed by atoms with E-state index in [-0.39, 0.29) is 22.3 Å². The number of hydrogen-bond donors (Lipinski definition) is 1. The molecule has 1 saturated heterocycles. The van der Waals surface area contributed by atoms with Crippen LogP contribution in [0, 0.1) is 12.7 Å². The fourth-order valence-corrected chi connectivity index (χ4v) is 7.63. The van der Waals surface area contributed by atoms with E-state index in [1.54, 1.807) is 66.7 Å². The van der Waals surface area contributed by atoms with Crippen LogP contribution < -0.4 is 14.4 Å². The lowest BCUT2D eigenvalue weighted by molar-refractivity contribution is -0.132. The first-order chi connectivity index (χ1) is 25.3. The third-order valence-electron chi connectivity index (χ3n) is 8.42. The van der Waals surface area contributed by atoms with E-state index in [4.69, 9.17) is 9.47 Å². The Bertz CT molecular complexity index is 2240. The summed E-state index contributed by atoms with van der Waals surface area (Å²) in [5.74, 6) is -0.896. The van der Waals surface area contributed by atoms with Crippen LogP contribution in [0.5, 0.6) is 11.5 Å². The molecule has 1 unspecified atom stereocenters. The minimum Gasteiger partial charge on any atom is -0.507 e. The predicted octanol–water partition coefficient (Wildman–Crippen LogP) is 9.06. The molecule has 0 spiro atoms. The molecule has 1 aliphatic rings. The Morgan fingerprint density at radius 2 is 1.46 bits per heavy atom. The van der Waals surface area contributed by atoms with Crippen LogP contribution in [0.2, 0.25) is 0 Å². The van der Waals surface area contributed by atoms with Crippen molar-refractivity contribution in [3.63, 3.8) is 0 Å². The van der Waals surface area contributed by atoms with Gasteiger partial charge in [0, 0.05) is 11.3 Å². The smallest absolute Gasteiger partial charge is 0.301 e.